The molecular weight excluding hydrogens is 416 g/mol. The molecule has 0 aliphatic carbocycles. The molecule has 0 bridgehead atoms. The Morgan fingerprint density at radius 2 is 2.46 bits per heavy atom. The number of hydroxylamine groups is 2. The van der Waals surface area contributed by atoms with Gasteiger partial charge in [0, 0.05) is 16.3 Å². The minimum Gasteiger partial charge on any atom is -0.622 e. The molecule has 1 fully saturated rings. The summed E-state index contributed by atoms with van der Waals surface area (Å²) in [5.74, 6) is -0.500. The van der Waals surface area contributed by atoms with Gasteiger partial charge in [0.25, 0.3) is 6.23 Å². The zero-order valence-corrected chi connectivity index (χ0v) is 16.1. The van der Waals surface area contributed by atoms with Crippen LogP contribution in [0.5, 0.6) is 0 Å². The Balaban J connectivity index is 1.82. The molecule has 2 atom stereocenters. The number of aromatic nitrogens is 2. The summed E-state index contributed by atoms with van der Waals surface area (Å²) in [4.78, 5) is 14.6. The highest BCUT2D eigenvalue weighted by Gasteiger charge is 2.45. The Hall–Kier alpha value is -1.17. The van der Waals surface area contributed by atoms with Crippen LogP contribution in [0.3, 0.4) is 0 Å². The summed E-state index contributed by atoms with van der Waals surface area (Å²) in [7, 11) is 1.81. The molecule has 1 aliphatic heterocycles. The smallest absolute Gasteiger partial charge is 0.352 e. The molecule has 2 aromatic rings. The molecular formula is C14H15BrN4O3S2. The van der Waals surface area contributed by atoms with Gasteiger partial charge in [0.2, 0.25) is 0 Å². The molecule has 0 amide bonds. The van der Waals surface area contributed by atoms with Gasteiger partial charge < -0.3 is 9.94 Å². The van der Waals surface area contributed by atoms with Crippen LogP contribution in [0.4, 0.5) is 5.13 Å². The van der Waals surface area contributed by atoms with E-state index in [0.29, 0.717) is 23.0 Å². The van der Waals surface area contributed by atoms with Crippen LogP contribution in [0.15, 0.2) is 28.6 Å². The Morgan fingerprint density at radius 3 is 3.12 bits per heavy atom. The maximum Gasteiger partial charge on any atom is 0.352 e. The van der Waals surface area contributed by atoms with Crippen molar-refractivity contribution in [2.45, 2.75) is 12.6 Å². The first-order valence-electron chi connectivity index (χ1n) is 7.08. The van der Waals surface area contributed by atoms with Gasteiger partial charge in [-0.05, 0) is 40.4 Å². The van der Waals surface area contributed by atoms with Gasteiger partial charge in [-0.2, -0.15) is 0 Å². The van der Waals surface area contributed by atoms with E-state index in [1.807, 2.05) is 11.9 Å². The van der Waals surface area contributed by atoms with Gasteiger partial charge in [0.15, 0.2) is 0 Å². The SMILES string of the molecule is C=CCc1nnc([N+]2([O-])CN(C)CC2OC(=O)c2cc(Br)cs2)s1. The van der Waals surface area contributed by atoms with Gasteiger partial charge in [0.05, 0.1) is 6.54 Å². The molecule has 7 nitrogen and oxygen atoms in total. The fourth-order valence-corrected chi connectivity index (χ4v) is 4.63. The summed E-state index contributed by atoms with van der Waals surface area (Å²) < 4.78 is 5.49. The van der Waals surface area contributed by atoms with Crippen LogP contribution in [0.1, 0.15) is 14.7 Å². The second-order valence-corrected chi connectivity index (χ2v) is 8.30. The summed E-state index contributed by atoms with van der Waals surface area (Å²) in [6, 6.07) is 1.68. The molecule has 0 radical (unpaired) electrons. The topological polar surface area (TPSA) is 78.4 Å². The van der Waals surface area contributed by atoms with Crippen LogP contribution in [0, 0.1) is 5.21 Å². The van der Waals surface area contributed by atoms with Gasteiger partial charge in [0.1, 0.15) is 16.6 Å². The highest BCUT2D eigenvalue weighted by Crippen LogP contribution is 2.34. The number of carbonyl (C=O) groups excluding carboxylic acids is 1. The second-order valence-electron chi connectivity index (χ2n) is 5.44. The number of hydrogen-bond donors (Lipinski definition) is 0. The molecule has 24 heavy (non-hydrogen) atoms. The lowest BCUT2D eigenvalue weighted by molar-refractivity contribution is 0.00612. The van der Waals surface area contributed by atoms with Crippen molar-refractivity contribution in [3.8, 4) is 0 Å². The van der Waals surface area contributed by atoms with Crippen molar-refractivity contribution < 1.29 is 9.53 Å². The Kier molecular flexibility index (Phi) is 5.13. The standard InChI is InChI=1S/C14H15BrN4O3S2/c1-3-4-11-16-17-14(24-11)19(21)8-18(2)6-12(19)22-13(20)10-5-9(15)7-23-10/h3,5,7,12H,1,4,6,8H2,2H3. The summed E-state index contributed by atoms with van der Waals surface area (Å²) in [6.45, 7) is 4.16. The Morgan fingerprint density at radius 1 is 1.67 bits per heavy atom. The highest BCUT2D eigenvalue weighted by molar-refractivity contribution is 9.10. The second kappa shape index (κ2) is 6.98. The van der Waals surface area contributed by atoms with Crippen molar-refractivity contribution in [3.05, 3.63) is 43.7 Å². The third kappa shape index (κ3) is 3.44. The number of carbonyl (C=O) groups is 1. The van der Waals surface area contributed by atoms with E-state index in [-0.39, 0.29) is 6.67 Å². The van der Waals surface area contributed by atoms with E-state index in [2.05, 4.69) is 32.7 Å². The Labute approximate surface area is 155 Å². The van der Waals surface area contributed by atoms with Gasteiger partial charge in [-0.1, -0.05) is 11.2 Å². The fraction of sp³-hybridized carbons (Fsp3) is 0.357. The van der Waals surface area contributed by atoms with E-state index >= 15 is 0 Å². The van der Waals surface area contributed by atoms with Gasteiger partial charge in [-0.15, -0.1) is 23.0 Å². The Bertz CT molecular complexity index is 765. The molecule has 1 aliphatic rings. The van der Waals surface area contributed by atoms with Crippen molar-refractivity contribution in [2.75, 3.05) is 20.3 Å². The average Bonchev–Trinajstić information content (AvgIpc) is 3.21. The molecule has 3 rings (SSSR count). The predicted octanol–water partition coefficient (Wildman–Crippen LogP) is 2.98. The number of ether oxygens (including phenoxy) is 1. The fourth-order valence-electron chi connectivity index (χ4n) is 2.42. The van der Waals surface area contributed by atoms with Crippen LogP contribution in [0.25, 0.3) is 0 Å². The third-order valence-corrected chi connectivity index (χ3v) is 6.22. The molecule has 0 spiro atoms. The number of likely N-dealkylation sites (N-methyl/N-ethyl adjacent to an activating group) is 1. The van der Waals surface area contributed by atoms with Crippen molar-refractivity contribution >= 4 is 49.7 Å². The average molecular weight is 431 g/mol. The third-order valence-electron chi connectivity index (χ3n) is 3.50. The normalized spacial score (nSPS) is 24.2. The van der Waals surface area contributed by atoms with E-state index in [4.69, 9.17) is 4.74 Å². The lowest BCUT2D eigenvalue weighted by Gasteiger charge is -2.38. The number of rotatable bonds is 5. The molecule has 2 unspecified atom stereocenters. The van der Waals surface area contributed by atoms with Gasteiger partial charge in [-0.25, -0.2) is 9.69 Å². The lowest BCUT2D eigenvalue weighted by atomic mass is 10.4. The van der Waals surface area contributed by atoms with Crippen molar-refractivity contribution in [1.82, 2.24) is 19.7 Å². The van der Waals surface area contributed by atoms with E-state index in [0.717, 1.165) is 9.48 Å². The van der Waals surface area contributed by atoms with E-state index in [1.54, 1.807) is 17.5 Å². The summed E-state index contributed by atoms with van der Waals surface area (Å²) >= 11 is 5.80. The first kappa shape index (κ1) is 17.6. The van der Waals surface area contributed by atoms with Crippen molar-refractivity contribution in [1.29, 1.82) is 0 Å². The summed E-state index contributed by atoms with van der Waals surface area (Å²) in [5.41, 5.74) is 0. The zero-order chi connectivity index (χ0) is 17.3. The van der Waals surface area contributed by atoms with E-state index in [9.17, 15) is 10.0 Å². The minimum atomic E-state index is -0.868. The van der Waals surface area contributed by atoms with Crippen molar-refractivity contribution in [2.24, 2.45) is 0 Å². The molecule has 0 N–H and O–H groups in total. The van der Waals surface area contributed by atoms with Crippen LogP contribution in [-0.2, 0) is 11.2 Å². The molecule has 10 heteroatoms. The largest absolute Gasteiger partial charge is 0.622 e. The number of esters is 1. The minimum absolute atomic E-state index is 0.162. The monoisotopic (exact) mass is 430 g/mol. The van der Waals surface area contributed by atoms with Gasteiger partial charge >= 0.3 is 11.1 Å². The van der Waals surface area contributed by atoms with E-state index < -0.39 is 16.8 Å². The molecule has 0 saturated carbocycles. The maximum absolute atomic E-state index is 13.3. The van der Waals surface area contributed by atoms with Crippen LogP contribution in [0.2, 0.25) is 0 Å². The summed E-state index contributed by atoms with van der Waals surface area (Å²) in [6.07, 6.45) is 1.40. The quantitative estimate of drug-likeness (QED) is 0.314. The predicted molar refractivity (Wildman–Crippen MR) is 97.7 cm³/mol. The maximum atomic E-state index is 13.3. The lowest BCUT2D eigenvalue weighted by Crippen LogP contribution is -2.50. The van der Waals surface area contributed by atoms with Crippen LogP contribution < -0.4 is 4.65 Å². The number of thiophene rings is 1. The molecule has 2 aromatic heterocycles. The van der Waals surface area contributed by atoms with Crippen LogP contribution in [-0.4, -0.2) is 47.6 Å². The van der Waals surface area contributed by atoms with Crippen molar-refractivity contribution in [3.63, 3.8) is 0 Å². The van der Waals surface area contributed by atoms with E-state index in [1.165, 1.54) is 22.7 Å². The summed E-state index contributed by atoms with van der Waals surface area (Å²) in [5, 5.41) is 24.2. The number of hydrogen-bond acceptors (Lipinski definition) is 8. The highest BCUT2D eigenvalue weighted by atomic mass is 79.9. The molecule has 128 valence electrons. The first-order valence-corrected chi connectivity index (χ1v) is 9.57. The molecule has 1 saturated heterocycles. The number of allylic oxidation sites excluding steroid dienone is 1. The van der Waals surface area contributed by atoms with Gasteiger partial charge in [-0.3, -0.25) is 4.65 Å². The molecule has 3 heterocycles. The number of nitrogens with zero attached hydrogens (tertiary/aromatic N) is 4. The van der Waals surface area contributed by atoms with Crippen LogP contribution >= 0.6 is 38.6 Å². The first-order chi connectivity index (χ1) is 11.4. The zero-order valence-electron chi connectivity index (χ0n) is 12.8. The number of halogens is 1. The molecule has 0 aromatic carbocycles. The number of quaternary nitrogens is 1.